The normalized spacial score (nSPS) is 10.7. The van der Waals surface area contributed by atoms with E-state index in [4.69, 9.17) is 9.47 Å². The molecule has 0 bridgehead atoms. The number of hydrogen-bond donors (Lipinski definition) is 2. The van der Waals surface area contributed by atoms with Crippen LogP contribution in [0.1, 0.15) is 17.5 Å². The lowest BCUT2D eigenvalue weighted by molar-refractivity contribution is -0.116. The van der Waals surface area contributed by atoms with Crippen LogP contribution in [0.25, 0.3) is 10.9 Å². The Morgan fingerprint density at radius 1 is 1.10 bits per heavy atom. The summed E-state index contributed by atoms with van der Waals surface area (Å²) in [5, 5.41) is 4.03. The Morgan fingerprint density at radius 2 is 1.97 bits per heavy atom. The Balaban J connectivity index is 1.34. The molecule has 6 heteroatoms. The van der Waals surface area contributed by atoms with Gasteiger partial charge in [-0.1, -0.05) is 24.3 Å². The first kappa shape index (κ1) is 19.5. The lowest BCUT2D eigenvalue weighted by Gasteiger charge is -2.11. The Bertz CT molecular complexity index is 1170. The second-order valence-electron chi connectivity index (χ2n) is 7.05. The molecule has 4 aromatic rings. The van der Waals surface area contributed by atoms with E-state index in [-0.39, 0.29) is 5.91 Å². The zero-order valence-corrected chi connectivity index (χ0v) is 16.9. The molecule has 0 aliphatic rings. The molecule has 0 saturated carbocycles. The molecule has 0 fully saturated rings. The molecule has 0 saturated heterocycles. The molecule has 0 radical (unpaired) electrons. The second kappa shape index (κ2) is 8.69. The number of aryl methyl sites for hydroxylation is 2. The molecule has 2 heterocycles. The number of nitrogens with one attached hydrogen (secondary N) is 2. The minimum Gasteiger partial charge on any atom is -0.493 e. The predicted molar refractivity (Wildman–Crippen MR) is 117 cm³/mol. The van der Waals surface area contributed by atoms with Gasteiger partial charge in [0.05, 0.1) is 19.0 Å². The number of amides is 1. The van der Waals surface area contributed by atoms with E-state index in [9.17, 15) is 4.79 Å². The van der Waals surface area contributed by atoms with Crippen LogP contribution in [0.2, 0.25) is 0 Å². The average molecular weight is 401 g/mol. The van der Waals surface area contributed by atoms with Crippen LogP contribution < -0.4 is 14.8 Å². The third-order valence-corrected chi connectivity index (χ3v) is 4.85. The number of nitrogens with zero attached hydrogens (tertiary/aromatic N) is 1. The van der Waals surface area contributed by atoms with Crippen LogP contribution in [0.15, 0.2) is 67.0 Å². The number of carbonyl (C=O) groups is 1. The van der Waals surface area contributed by atoms with Crippen molar-refractivity contribution in [3.63, 3.8) is 0 Å². The van der Waals surface area contributed by atoms with E-state index < -0.39 is 0 Å². The largest absolute Gasteiger partial charge is 0.493 e. The van der Waals surface area contributed by atoms with Gasteiger partial charge in [0.15, 0.2) is 11.5 Å². The first-order valence-corrected chi connectivity index (χ1v) is 9.76. The van der Waals surface area contributed by atoms with Crippen molar-refractivity contribution in [3.05, 3.63) is 78.1 Å². The molecule has 1 amide bonds. The van der Waals surface area contributed by atoms with Gasteiger partial charge in [0.2, 0.25) is 11.8 Å². The zero-order valence-electron chi connectivity index (χ0n) is 16.9. The highest BCUT2D eigenvalue weighted by Crippen LogP contribution is 2.31. The number of H-pyrrole nitrogens is 1. The predicted octanol–water partition coefficient (Wildman–Crippen LogP) is 5.24. The highest BCUT2D eigenvalue weighted by molar-refractivity contribution is 5.91. The summed E-state index contributed by atoms with van der Waals surface area (Å²) in [6.45, 7) is 1.99. The number of aromatic amines is 1. The molecule has 2 aromatic heterocycles. The van der Waals surface area contributed by atoms with E-state index in [1.165, 1.54) is 0 Å². The fraction of sp³-hybridized carbons (Fsp3) is 0.167. The van der Waals surface area contributed by atoms with Gasteiger partial charge in [-0.25, -0.2) is 4.98 Å². The number of hydrogen-bond acceptors (Lipinski definition) is 4. The summed E-state index contributed by atoms with van der Waals surface area (Å²) in [4.78, 5) is 19.9. The third-order valence-electron chi connectivity index (χ3n) is 4.85. The Kier molecular flexibility index (Phi) is 5.66. The molecular formula is C24H23N3O3. The van der Waals surface area contributed by atoms with Gasteiger partial charge in [0, 0.05) is 29.6 Å². The zero-order chi connectivity index (χ0) is 20.9. The fourth-order valence-corrected chi connectivity index (χ4v) is 3.30. The SMILES string of the molecule is COc1cc(C)ccc1Oc1ccc(NC(=O)CCc2c[nH]c3ccccc23)cn1. The minimum atomic E-state index is -0.0593. The van der Waals surface area contributed by atoms with Gasteiger partial charge in [0.1, 0.15) is 0 Å². The van der Waals surface area contributed by atoms with Gasteiger partial charge in [0.25, 0.3) is 0 Å². The van der Waals surface area contributed by atoms with Crippen LogP contribution in [0.4, 0.5) is 5.69 Å². The number of aromatic nitrogens is 2. The van der Waals surface area contributed by atoms with Crippen molar-refractivity contribution in [2.45, 2.75) is 19.8 Å². The molecule has 0 atom stereocenters. The lowest BCUT2D eigenvalue weighted by Crippen LogP contribution is -2.12. The van der Waals surface area contributed by atoms with Crippen molar-refractivity contribution in [2.75, 3.05) is 12.4 Å². The maximum absolute atomic E-state index is 12.3. The smallest absolute Gasteiger partial charge is 0.224 e. The molecule has 6 nitrogen and oxygen atoms in total. The molecule has 0 aliphatic heterocycles. The quantitative estimate of drug-likeness (QED) is 0.444. The van der Waals surface area contributed by atoms with Crippen molar-refractivity contribution in [1.29, 1.82) is 0 Å². The van der Waals surface area contributed by atoms with Gasteiger partial charge in [-0.15, -0.1) is 0 Å². The summed E-state index contributed by atoms with van der Waals surface area (Å²) in [7, 11) is 1.60. The van der Waals surface area contributed by atoms with Gasteiger partial charge in [-0.05, 0) is 48.7 Å². The summed E-state index contributed by atoms with van der Waals surface area (Å²) < 4.78 is 11.1. The number of rotatable bonds is 7. The molecule has 2 N–H and O–H groups in total. The molecule has 2 aromatic carbocycles. The Morgan fingerprint density at radius 3 is 2.77 bits per heavy atom. The van der Waals surface area contributed by atoms with E-state index in [1.807, 2.05) is 49.5 Å². The molecule has 152 valence electrons. The fourth-order valence-electron chi connectivity index (χ4n) is 3.30. The number of ether oxygens (including phenoxy) is 2. The summed E-state index contributed by atoms with van der Waals surface area (Å²) in [5.41, 5.74) is 3.92. The van der Waals surface area contributed by atoms with Crippen LogP contribution in [-0.4, -0.2) is 23.0 Å². The number of para-hydroxylation sites is 1. The monoisotopic (exact) mass is 401 g/mol. The van der Waals surface area contributed by atoms with Gasteiger partial charge in [-0.3, -0.25) is 4.79 Å². The topological polar surface area (TPSA) is 76.2 Å². The average Bonchev–Trinajstić information content (AvgIpc) is 3.18. The van der Waals surface area contributed by atoms with Crippen LogP contribution in [0, 0.1) is 6.92 Å². The van der Waals surface area contributed by atoms with Crippen LogP contribution in [0.5, 0.6) is 17.4 Å². The summed E-state index contributed by atoms with van der Waals surface area (Å²) in [6.07, 6.45) is 4.60. The maximum Gasteiger partial charge on any atom is 0.224 e. The van der Waals surface area contributed by atoms with E-state index in [0.29, 0.717) is 35.9 Å². The summed E-state index contributed by atoms with van der Waals surface area (Å²) in [5.74, 6) is 1.60. The molecule has 0 spiro atoms. The van der Waals surface area contributed by atoms with Gasteiger partial charge < -0.3 is 19.8 Å². The minimum absolute atomic E-state index is 0.0593. The van der Waals surface area contributed by atoms with Crippen molar-refractivity contribution in [2.24, 2.45) is 0 Å². The number of methoxy groups -OCH3 is 1. The van der Waals surface area contributed by atoms with E-state index in [2.05, 4.69) is 21.4 Å². The third kappa shape index (κ3) is 4.43. The number of fused-ring (bicyclic) bond motifs is 1. The standard InChI is InChI=1S/C24H23N3O3/c1-16-7-10-21(22(13-16)29-2)30-24-12-9-18(15-26-24)27-23(28)11-8-17-14-25-20-6-4-3-5-19(17)20/h3-7,9-10,12-15,25H,8,11H2,1-2H3,(H,27,28). The van der Waals surface area contributed by atoms with Gasteiger partial charge >= 0.3 is 0 Å². The van der Waals surface area contributed by atoms with Crippen molar-refractivity contribution >= 4 is 22.5 Å². The Hall–Kier alpha value is -3.80. The maximum atomic E-state index is 12.3. The first-order valence-electron chi connectivity index (χ1n) is 9.76. The highest BCUT2D eigenvalue weighted by atomic mass is 16.5. The number of pyridine rings is 1. The first-order chi connectivity index (χ1) is 14.6. The summed E-state index contributed by atoms with van der Waals surface area (Å²) in [6, 6.07) is 17.3. The van der Waals surface area contributed by atoms with E-state index in [0.717, 1.165) is 22.0 Å². The highest BCUT2D eigenvalue weighted by Gasteiger charge is 2.09. The lowest BCUT2D eigenvalue weighted by atomic mass is 10.1. The number of anilines is 1. The molecule has 30 heavy (non-hydrogen) atoms. The van der Waals surface area contributed by atoms with Crippen molar-refractivity contribution < 1.29 is 14.3 Å². The second-order valence-corrected chi connectivity index (χ2v) is 7.05. The molecule has 0 unspecified atom stereocenters. The van der Waals surface area contributed by atoms with E-state index >= 15 is 0 Å². The van der Waals surface area contributed by atoms with Crippen molar-refractivity contribution in [3.8, 4) is 17.4 Å². The van der Waals surface area contributed by atoms with E-state index in [1.54, 1.807) is 25.4 Å². The van der Waals surface area contributed by atoms with Crippen LogP contribution >= 0.6 is 0 Å². The van der Waals surface area contributed by atoms with Crippen LogP contribution in [-0.2, 0) is 11.2 Å². The number of carbonyl (C=O) groups excluding carboxylic acids is 1. The molecule has 0 aliphatic carbocycles. The van der Waals surface area contributed by atoms with Crippen molar-refractivity contribution in [1.82, 2.24) is 9.97 Å². The molecular weight excluding hydrogens is 378 g/mol. The van der Waals surface area contributed by atoms with Crippen LogP contribution in [0.3, 0.4) is 0 Å². The summed E-state index contributed by atoms with van der Waals surface area (Å²) >= 11 is 0. The Labute approximate surface area is 174 Å². The molecule has 4 rings (SSSR count). The number of benzene rings is 2. The van der Waals surface area contributed by atoms with Gasteiger partial charge in [-0.2, -0.15) is 0 Å².